The number of allylic oxidation sites excluding steroid dienone is 3. The summed E-state index contributed by atoms with van der Waals surface area (Å²) in [7, 11) is 1.26. The highest BCUT2D eigenvalue weighted by Gasteiger charge is 2.23. The van der Waals surface area contributed by atoms with Crippen molar-refractivity contribution in [3.63, 3.8) is 0 Å². The molecule has 0 saturated carbocycles. The predicted octanol–water partition coefficient (Wildman–Crippen LogP) is 17.4. The number of carbonyl (C=O) groups excluding carboxylic acids is 1. The van der Waals surface area contributed by atoms with Gasteiger partial charge in [0.1, 0.15) is 13.2 Å². The number of phosphoric acid groups is 1. The Morgan fingerprint density at radius 1 is 0.500 bits per heavy atom. The largest absolute Gasteiger partial charge is 0.756 e. The van der Waals surface area contributed by atoms with Crippen LogP contribution in [0.4, 0.5) is 0 Å². The lowest BCUT2D eigenvalue weighted by atomic mass is 10.0. The number of hydrogen-bond donors (Lipinski definition) is 2. The van der Waals surface area contributed by atoms with Crippen LogP contribution in [0.25, 0.3) is 0 Å². The minimum atomic E-state index is -4.60. The second-order valence-electron chi connectivity index (χ2n) is 21.7. The molecule has 8 nitrogen and oxygen atoms in total. The number of carbonyl (C=O) groups is 1. The number of nitrogens with one attached hydrogen (secondary N) is 1. The van der Waals surface area contributed by atoms with Crippen molar-refractivity contribution in [2.45, 2.75) is 309 Å². The molecule has 404 valence electrons. The number of likely N-dealkylation sites (N-methyl/N-ethyl adjacent to an activating group) is 1. The highest BCUT2D eigenvalue weighted by atomic mass is 31.2. The summed E-state index contributed by atoms with van der Waals surface area (Å²) in [6, 6.07) is -0.900. The predicted molar refractivity (Wildman–Crippen MR) is 293 cm³/mol. The number of quaternary nitrogens is 1. The average Bonchev–Trinajstić information content (AvgIpc) is 3.30. The van der Waals surface area contributed by atoms with Gasteiger partial charge < -0.3 is 28.8 Å². The summed E-state index contributed by atoms with van der Waals surface area (Å²) in [6.45, 7) is 4.68. The van der Waals surface area contributed by atoms with E-state index in [4.69, 9.17) is 9.05 Å². The summed E-state index contributed by atoms with van der Waals surface area (Å²) in [5, 5.41) is 13.9. The Morgan fingerprint density at radius 2 is 0.824 bits per heavy atom. The third kappa shape index (κ3) is 52.8. The van der Waals surface area contributed by atoms with Gasteiger partial charge in [-0.2, -0.15) is 0 Å². The Balaban J connectivity index is 4.18. The van der Waals surface area contributed by atoms with Gasteiger partial charge in [-0.15, -0.1) is 0 Å². The van der Waals surface area contributed by atoms with Crippen molar-refractivity contribution in [1.82, 2.24) is 5.32 Å². The monoisotopic (exact) mass is 981 g/mol. The van der Waals surface area contributed by atoms with Crippen LogP contribution in [0.5, 0.6) is 0 Å². The molecule has 0 bridgehead atoms. The normalized spacial score (nSPS) is 14.0. The highest BCUT2D eigenvalue weighted by Crippen LogP contribution is 2.38. The van der Waals surface area contributed by atoms with E-state index in [1.165, 1.54) is 238 Å². The Bertz CT molecular complexity index is 1160. The number of aliphatic hydroxyl groups is 1. The first-order valence-electron chi connectivity index (χ1n) is 29.7. The Hall–Kier alpha value is -1.02. The third-order valence-corrected chi connectivity index (χ3v) is 14.6. The number of unbranched alkanes of at least 4 members (excludes halogenated alkanes) is 40. The molecule has 0 aliphatic heterocycles. The van der Waals surface area contributed by atoms with Gasteiger partial charge in [0.15, 0.2) is 0 Å². The van der Waals surface area contributed by atoms with Crippen molar-refractivity contribution in [3.05, 3.63) is 24.3 Å². The molecule has 1 amide bonds. The molecular weight excluding hydrogens is 864 g/mol. The zero-order chi connectivity index (χ0) is 49.9. The SMILES string of the molecule is CCCCCCCCCCCCCCCCCCCCCCCC/C=C/CC/C=C/C(O)C(COP(=O)([O-])OCC[N+](C)(C)C)NC(=O)CCCCCCCCCCCCCCCCCCCC. The lowest BCUT2D eigenvalue weighted by Crippen LogP contribution is -2.45. The first kappa shape index (κ1) is 67.0. The molecule has 0 rings (SSSR count). The van der Waals surface area contributed by atoms with Crippen molar-refractivity contribution in [2.24, 2.45) is 0 Å². The summed E-state index contributed by atoms with van der Waals surface area (Å²) >= 11 is 0. The van der Waals surface area contributed by atoms with Crippen LogP contribution in [0.3, 0.4) is 0 Å². The molecule has 0 fully saturated rings. The topological polar surface area (TPSA) is 108 Å². The fourth-order valence-corrected chi connectivity index (χ4v) is 9.72. The molecule has 0 aromatic rings. The molecule has 0 heterocycles. The molecule has 0 aliphatic rings. The zero-order valence-electron chi connectivity index (χ0n) is 46.1. The summed E-state index contributed by atoms with van der Waals surface area (Å²) in [4.78, 5) is 25.5. The summed E-state index contributed by atoms with van der Waals surface area (Å²) in [6.07, 6.45) is 64.1. The molecule has 0 saturated heterocycles. The van der Waals surface area contributed by atoms with Crippen molar-refractivity contribution in [2.75, 3.05) is 40.9 Å². The van der Waals surface area contributed by atoms with Gasteiger partial charge in [-0.1, -0.05) is 282 Å². The molecule has 0 aromatic heterocycles. The maximum Gasteiger partial charge on any atom is 0.268 e. The molecule has 0 aliphatic carbocycles. The second-order valence-corrected chi connectivity index (χ2v) is 23.1. The van der Waals surface area contributed by atoms with Crippen LogP contribution in [0.1, 0.15) is 296 Å². The molecule has 3 atom stereocenters. The van der Waals surface area contributed by atoms with Crippen LogP contribution in [-0.2, 0) is 18.4 Å². The van der Waals surface area contributed by atoms with Gasteiger partial charge in [0, 0.05) is 6.42 Å². The van der Waals surface area contributed by atoms with E-state index in [1.807, 2.05) is 27.2 Å². The smallest absolute Gasteiger partial charge is 0.268 e. The third-order valence-electron chi connectivity index (χ3n) is 13.7. The van der Waals surface area contributed by atoms with Gasteiger partial charge in [-0.25, -0.2) is 0 Å². The van der Waals surface area contributed by atoms with E-state index >= 15 is 0 Å². The molecule has 68 heavy (non-hydrogen) atoms. The number of aliphatic hydroxyl groups excluding tert-OH is 1. The number of phosphoric ester groups is 1. The molecule has 0 spiro atoms. The van der Waals surface area contributed by atoms with E-state index in [0.717, 1.165) is 38.5 Å². The van der Waals surface area contributed by atoms with E-state index < -0.39 is 20.0 Å². The van der Waals surface area contributed by atoms with Crippen molar-refractivity contribution >= 4 is 13.7 Å². The summed E-state index contributed by atoms with van der Waals surface area (Å²) in [5.74, 6) is -0.201. The summed E-state index contributed by atoms with van der Waals surface area (Å²) in [5.41, 5.74) is 0. The minimum absolute atomic E-state index is 0.00370. The van der Waals surface area contributed by atoms with Crippen molar-refractivity contribution in [3.8, 4) is 0 Å². The molecule has 2 N–H and O–H groups in total. The van der Waals surface area contributed by atoms with Gasteiger partial charge in [-0.05, 0) is 32.1 Å². The van der Waals surface area contributed by atoms with Gasteiger partial charge >= 0.3 is 0 Å². The van der Waals surface area contributed by atoms with E-state index in [2.05, 4.69) is 31.3 Å². The Morgan fingerprint density at radius 3 is 1.19 bits per heavy atom. The Kier molecular flexibility index (Phi) is 50.1. The van der Waals surface area contributed by atoms with Crippen LogP contribution < -0.4 is 10.2 Å². The highest BCUT2D eigenvalue weighted by molar-refractivity contribution is 7.45. The van der Waals surface area contributed by atoms with Gasteiger partial charge in [0.2, 0.25) is 5.91 Å². The molecule has 3 unspecified atom stereocenters. The number of rotatable bonds is 55. The maximum atomic E-state index is 12.9. The average molecular weight is 982 g/mol. The number of amides is 1. The fourth-order valence-electron chi connectivity index (χ4n) is 9.00. The van der Waals surface area contributed by atoms with Crippen LogP contribution in [0.2, 0.25) is 0 Å². The van der Waals surface area contributed by atoms with Crippen molar-refractivity contribution < 1.29 is 32.9 Å². The van der Waals surface area contributed by atoms with Crippen molar-refractivity contribution in [1.29, 1.82) is 0 Å². The van der Waals surface area contributed by atoms with E-state index in [0.29, 0.717) is 17.4 Å². The maximum absolute atomic E-state index is 12.9. The zero-order valence-corrected chi connectivity index (χ0v) is 47.0. The van der Waals surface area contributed by atoms with Gasteiger partial charge in [-0.3, -0.25) is 9.36 Å². The first-order chi connectivity index (χ1) is 33.0. The molecule has 0 aromatic carbocycles. The second kappa shape index (κ2) is 50.9. The molecular formula is C59H117N2O6P. The number of hydrogen-bond acceptors (Lipinski definition) is 6. The van der Waals surface area contributed by atoms with Gasteiger partial charge in [0.05, 0.1) is 39.9 Å². The quantitative estimate of drug-likeness (QED) is 0.0272. The van der Waals surface area contributed by atoms with Crippen LogP contribution in [0.15, 0.2) is 24.3 Å². The van der Waals surface area contributed by atoms with Crippen LogP contribution in [0, 0.1) is 0 Å². The van der Waals surface area contributed by atoms with E-state index in [1.54, 1.807) is 6.08 Å². The standard InChI is InChI=1S/C59H117N2O6P/c1-6-8-10-12-14-16-18-20-22-24-26-27-28-29-30-31-32-33-34-35-36-38-40-42-44-46-48-50-52-58(62)57(56-67-68(64,65)66-55-54-61(3,4)5)60-59(63)53-51-49-47-45-43-41-39-37-25-23-21-19-17-15-13-11-9-7-2/h42,44,50,52,57-58,62H,6-41,43,45-49,51,53-56H2,1-5H3,(H-,60,63,64,65)/b44-42+,52-50+. The minimum Gasteiger partial charge on any atom is -0.756 e. The van der Waals surface area contributed by atoms with E-state index in [-0.39, 0.29) is 19.1 Å². The van der Waals surface area contributed by atoms with Crippen LogP contribution >= 0.6 is 7.82 Å². The number of nitrogens with zero attached hydrogens (tertiary/aromatic N) is 1. The van der Waals surface area contributed by atoms with Crippen LogP contribution in [-0.4, -0.2) is 68.5 Å². The lowest BCUT2D eigenvalue weighted by Gasteiger charge is -2.29. The molecule has 0 radical (unpaired) electrons. The fraction of sp³-hybridized carbons (Fsp3) is 0.915. The summed E-state index contributed by atoms with van der Waals surface area (Å²) < 4.78 is 23.3. The first-order valence-corrected chi connectivity index (χ1v) is 31.2. The Labute approximate surface area is 424 Å². The van der Waals surface area contributed by atoms with Gasteiger partial charge in [0.25, 0.3) is 7.82 Å². The van der Waals surface area contributed by atoms with E-state index in [9.17, 15) is 19.4 Å². The molecule has 9 heteroatoms. The lowest BCUT2D eigenvalue weighted by molar-refractivity contribution is -0.870.